The standard InChI is InChI=1S/C15H24N2/c1-2-15(13-16,17-10-6-7-11-17)12-14-8-4-3-5-9-14/h3-5,8-9H,2,6-7,10-13,16H2,1H3. The van der Waals surface area contributed by atoms with Gasteiger partial charge in [0.25, 0.3) is 0 Å². The summed E-state index contributed by atoms with van der Waals surface area (Å²) in [6.45, 7) is 5.47. The molecule has 0 aliphatic carbocycles. The van der Waals surface area contributed by atoms with Gasteiger partial charge in [0, 0.05) is 12.1 Å². The van der Waals surface area contributed by atoms with Gasteiger partial charge in [0.15, 0.2) is 0 Å². The lowest BCUT2D eigenvalue weighted by molar-refractivity contribution is 0.118. The molecule has 1 aromatic rings. The Morgan fingerprint density at radius 1 is 1.18 bits per heavy atom. The summed E-state index contributed by atoms with van der Waals surface area (Å²) in [7, 11) is 0. The van der Waals surface area contributed by atoms with Crippen molar-refractivity contribution in [3.63, 3.8) is 0 Å². The van der Waals surface area contributed by atoms with E-state index in [1.807, 2.05) is 0 Å². The molecule has 2 nitrogen and oxygen atoms in total. The third-order valence-electron chi connectivity index (χ3n) is 4.19. The second-order valence-corrected chi connectivity index (χ2v) is 5.14. The average molecular weight is 232 g/mol. The van der Waals surface area contributed by atoms with Crippen LogP contribution < -0.4 is 5.73 Å². The third-order valence-corrected chi connectivity index (χ3v) is 4.19. The monoisotopic (exact) mass is 232 g/mol. The fraction of sp³-hybridized carbons (Fsp3) is 0.600. The zero-order valence-electron chi connectivity index (χ0n) is 10.9. The molecule has 1 aliphatic heterocycles. The van der Waals surface area contributed by atoms with Crippen molar-refractivity contribution in [2.24, 2.45) is 5.73 Å². The average Bonchev–Trinajstić information content (AvgIpc) is 2.92. The summed E-state index contributed by atoms with van der Waals surface area (Å²) >= 11 is 0. The quantitative estimate of drug-likeness (QED) is 0.845. The SMILES string of the molecule is CCC(CN)(Cc1ccccc1)N1CCCC1. The van der Waals surface area contributed by atoms with Crippen LogP contribution in [0.25, 0.3) is 0 Å². The van der Waals surface area contributed by atoms with Crippen LogP contribution in [0.3, 0.4) is 0 Å². The van der Waals surface area contributed by atoms with Crippen LogP contribution in [-0.4, -0.2) is 30.1 Å². The molecule has 0 radical (unpaired) electrons. The van der Waals surface area contributed by atoms with E-state index in [1.165, 1.54) is 31.5 Å². The first kappa shape index (κ1) is 12.6. The second kappa shape index (κ2) is 5.65. The lowest BCUT2D eigenvalue weighted by atomic mass is 9.86. The lowest BCUT2D eigenvalue weighted by Crippen LogP contribution is -2.53. The molecule has 1 unspecified atom stereocenters. The van der Waals surface area contributed by atoms with E-state index in [0.29, 0.717) is 0 Å². The minimum absolute atomic E-state index is 0.178. The van der Waals surface area contributed by atoms with Crippen molar-refractivity contribution in [1.82, 2.24) is 4.90 Å². The van der Waals surface area contributed by atoms with Crippen molar-refractivity contribution in [2.75, 3.05) is 19.6 Å². The normalized spacial score (nSPS) is 20.4. The summed E-state index contributed by atoms with van der Waals surface area (Å²) in [6.07, 6.45) is 4.88. The lowest BCUT2D eigenvalue weighted by Gasteiger charge is -2.41. The summed E-state index contributed by atoms with van der Waals surface area (Å²) in [5.74, 6) is 0. The van der Waals surface area contributed by atoms with Gasteiger partial charge in [-0.05, 0) is 44.3 Å². The molecule has 0 aromatic heterocycles. The molecule has 17 heavy (non-hydrogen) atoms. The van der Waals surface area contributed by atoms with Crippen LogP contribution in [0.5, 0.6) is 0 Å². The van der Waals surface area contributed by atoms with Gasteiger partial charge in [0.1, 0.15) is 0 Å². The van der Waals surface area contributed by atoms with Crippen LogP contribution in [0.15, 0.2) is 30.3 Å². The Kier molecular flexibility index (Phi) is 4.19. The van der Waals surface area contributed by atoms with Crippen LogP contribution in [0.1, 0.15) is 31.7 Å². The maximum atomic E-state index is 6.10. The van der Waals surface area contributed by atoms with E-state index >= 15 is 0 Å². The highest BCUT2D eigenvalue weighted by molar-refractivity contribution is 5.18. The van der Waals surface area contributed by atoms with E-state index in [2.05, 4.69) is 42.2 Å². The molecule has 1 aromatic carbocycles. The zero-order valence-corrected chi connectivity index (χ0v) is 10.9. The molecular formula is C15H24N2. The molecule has 1 heterocycles. The van der Waals surface area contributed by atoms with E-state index in [0.717, 1.165) is 19.4 Å². The predicted molar refractivity (Wildman–Crippen MR) is 73.0 cm³/mol. The molecule has 1 fully saturated rings. The van der Waals surface area contributed by atoms with Gasteiger partial charge in [-0.1, -0.05) is 37.3 Å². The zero-order chi connectivity index (χ0) is 12.1. The van der Waals surface area contributed by atoms with Crippen LogP contribution in [0.4, 0.5) is 0 Å². The minimum Gasteiger partial charge on any atom is -0.329 e. The van der Waals surface area contributed by atoms with Gasteiger partial charge in [0.2, 0.25) is 0 Å². The molecule has 2 N–H and O–H groups in total. The third kappa shape index (κ3) is 2.70. The molecule has 94 valence electrons. The first-order valence-electron chi connectivity index (χ1n) is 6.80. The van der Waals surface area contributed by atoms with E-state index < -0.39 is 0 Å². The van der Waals surface area contributed by atoms with Crippen LogP contribution in [0, 0.1) is 0 Å². The Hall–Kier alpha value is -0.860. The van der Waals surface area contributed by atoms with Crippen LogP contribution in [0.2, 0.25) is 0 Å². The van der Waals surface area contributed by atoms with E-state index in [9.17, 15) is 0 Å². The molecular weight excluding hydrogens is 208 g/mol. The van der Waals surface area contributed by atoms with Crippen molar-refractivity contribution < 1.29 is 0 Å². The predicted octanol–water partition coefficient (Wildman–Crippen LogP) is 2.43. The van der Waals surface area contributed by atoms with Gasteiger partial charge < -0.3 is 5.73 Å². The fourth-order valence-electron chi connectivity index (χ4n) is 2.97. The highest BCUT2D eigenvalue weighted by Crippen LogP contribution is 2.27. The van der Waals surface area contributed by atoms with Crippen molar-refractivity contribution in [2.45, 2.75) is 38.1 Å². The van der Waals surface area contributed by atoms with Crippen LogP contribution >= 0.6 is 0 Å². The summed E-state index contributed by atoms with van der Waals surface area (Å²) in [5, 5.41) is 0. The first-order chi connectivity index (χ1) is 8.30. The second-order valence-electron chi connectivity index (χ2n) is 5.14. The van der Waals surface area contributed by atoms with Gasteiger partial charge in [-0.25, -0.2) is 0 Å². The maximum absolute atomic E-state index is 6.10. The molecule has 2 rings (SSSR count). The Morgan fingerprint density at radius 3 is 2.35 bits per heavy atom. The maximum Gasteiger partial charge on any atom is 0.0369 e. The van der Waals surface area contributed by atoms with Crippen molar-refractivity contribution in [3.05, 3.63) is 35.9 Å². The van der Waals surface area contributed by atoms with Crippen molar-refractivity contribution >= 4 is 0 Å². The number of hydrogen-bond acceptors (Lipinski definition) is 2. The van der Waals surface area contributed by atoms with Crippen LogP contribution in [-0.2, 0) is 6.42 Å². The number of nitrogens with zero attached hydrogens (tertiary/aromatic N) is 1. The molecule has 1 atom stereocenters. The molecule has 0 bridgehead atoms. The fourth-order valence-corrected chi connectivity index (χ4v) is 2.97. The first-order valence-corrected chi connectivity index (χ1v) is 6.80. The number of nitrogens with two attached hydrogens (primary N) is 1. The van der Waals surface area contributed by atoms with E-state index in [4.69, 9.17) is 5.73 Å². The molecule has 0 saturated carbocycles. The van der Waals surface area contributed by atoms with Crippen molar-refractivity contribution in [1.29, 1.82) is 0 Å². The van der Waals surface area contributed by atoms with Crippen molar-refractivity contribution in [3.8, 4) is 0 Å². The molecule has 1 saturated heterocycles. The van der Waals surface area contributed by atoms with Gasteiger partial charge in [0.05, 0.1) is 0 Å². The highest BCUT2D eigenvalue weighted by atomic mass is 15.2. The number of likely N-dealkylation sites (tertiary alicyclic amines) is 1. The number of rotatable bonds is 5. The number of hydrogen-bond donors (Lipinski definition) is 1. The number of benzene rings is 1. The Balaban J connectivity index is 2.16. The molecule has 0 amide bonds. The Bertz CT molecular complexity index is 324. The van der Waals surface area contributed by atoms with Gasteiger partial charge in [-0.2, -0.15) is 0 Å². The summed E-state index contributed by atoms with van der Waals surface area (Å²) < 4.78 is 0. The summed E-state index contributed by atoms with van der Waals surface area (Å²) in [4.78, 5) is 2.61. The Labute approximate surface area is 105 Å². The van der Waals surface area contributed by atoms with E-state index in [-0.39, 0.29) is 5.54 Å². The summed E-state index contributed by atoms with van der Waals surface area (Å²) in [6, 6.07) is 10.8. The summed E-state index contributed by atoms with van der Waals surface area (Å²) in [5.41, 5.74) is 7.69. The topological polar surface area (TPSA) is 29.3 Å². The van der Waals surface area contributed by atoms with Gasteiger partial charge >= 0.3 is 0 Å². The molecule has 0 spiro atoms. The molecule has 2 heteroatoms. The largest absolute Gasteiger partial charge is 0.329 e. The van der Waals surface area contributed by atoms with Gasteiger partial charge in [-0.15, -0.1) is 0 Å². The minimum atomic E-state index is 0.178. The Morgan fingerprint density at radius 2 is 1.82 bits per heavy atom. The van der Waals surface area contributed by atoms with Gasteiger partial charge in [-0.3, -0.25) is 4.90 Å². The smallest absolute Gasteiger partial charge is 0.0369 e. The van der Waals surface area contributed by atoms with E-state index in [1.54, 1.807) is 0 Å². The molecule has 1 aliphatic rings. The highest BCUT2D eigenvalue weighted by Gasteiger charge is 2.35.